The minimum absolute atomic E-state index is 0.0841. The number of hydrogen-bond acceptors (Lipinski definition) is 5. The number of aryl methyl sites for hydroxylation is 1. The lowest BCUT2D eigenvalue weighted by atomic mass is 10.1. The molecule has 1 N–H and O–H groups in total. The Morgan fingerprint density at radius 2 is 2.10 bits per heavy atom. The Hall–Kier alpha value is -2.28. The van der Waals surface area contributed by atoms with E-state index in [-0.39, 0.29) is 5.91 Å². The molecule has 2 heterocycles. The van der Waals surface area contributed by atoms with Crippen LogP contribution in [0.3, 0.4) is 0 Å². The third-order valence-corrected chi connectivity index (χ3v) is 3.64. The van der Waals surface area contributed by atoms with Gasteiger partial charge in [-0.05, 0) is 5.56 Å². The molecule has 102 valence electrons. The first-order valence-electron chi connectivity index (χ1n) is 6.31. The van der Waals surface area contributed by atoms with Crippen molar-refractivity contribution >= 4 is 27.3 Å². The summed E-state index contributed by atoms with van der Waals surface area (Å²) >= 11 is 1.32. The molecule has 0 saturated heterocycles. The van der Waals surface area contributed by atoms with Crippen LogP contribution in [0.25, 0.3) is 4.96 Å². The number of anilines is 1. The first-order valence-corrected chi connectivity index (χ1v) is 7.13. The predicted octanol–water partition coefficient (Wildman–Crippen LogP) is 1.93. The summed E-state index contributed by atoms with van der Waals surface area (Å²) in [4.78, 5) is 12.6. The van der Waals surface area contributed by atoms with Gasteiger partial charge in [-0.15, -0.1) is 15.3 Å². The number of carbonyl (C=O) groups excluding carboxylic acids is 1. The number of carbonyl (C=O) groups is 1. The summed E-state index contributed by atoms with van der Waals surface area (Å²) in [5.74, 6) is 0.707. The van der Waals surface area contributed by atoms with E-state index in [1.54, 1.807) is 4.52 Å². The maximum atomic E-state index is 11.9. The van der Waals surface area contributed by atoms with E-state index in [0.29, 0.717) is 16.5 Å². The number of nitrogens with one attached hydrogen (secondary N) is 1. The number of nitrogens with zero attached hydrogens (tertiary/aromatic N) is 4. The molecule has 20 heavy (non-hydrogen) atoms. The maximum absolute atomic E-state index is 11.9. The Kier molecular flexibility index (Phi) is 3.42. The van der Waals surface area contributed by atoms with E-state index < -0.39 is 0 Å². The topological polar surface area (TPSA) is 72.2 Å². The molecule has 0 unspecified atom stereocenters. The van der Waals surface area contributed by atoms with Crippen molar-refractivity contribution in [2.24, 2.45) is 0 Å². The van der Waals surface area contributed by atoms with E-state index in [1.165, 1.54) is 11.3 Å². The van der Waals surface area contributed by atoms with Crippen molar-refractivity contribution in [3.8, 4) is 0 Å². The third kappa shape index (κ3) is 2.53. The molecule has 0 bridgehead atoms. The average molecular weight is 287 g/mol. The molecule has 2 aromatic heterocycles. The van der Waals surface area contributed by atoms with E-state index >= 15 is 0 Å². The smallest absolute Gasteiger partial charge is 0.236 e. The monoisotopic (exact) mass is 287 g/mol. The van der Waals surface area contributed by atoms with Crippen molar-refractivity contribution in [1.82, 2.24) is 19.8 Å². The minimum atomic E-state index is -0.0841. The number of hydrogen-bond donors (Lipinski definition) is 1. The van der Waals surface area contributed by atoms with E-state index in [1.807, 2.05) is 37.3 Å². The lowest BCUT2D eigenvalue weighted by Gasteiger charge is -2.01. The predicted molar refractivity (Wildman–Crippen MR) is 76.8 cm³/mol. The molecule has 1 aromatic carbocycles. The summed E-state index contributed by atoms with van der Waals surface area (Å²) in [6.45, 7) is 1.99. The van der Waals surface area contributed by atoms with E-state index in [4.69, 9.17) is 0 Å². The second kappa shape index (κ2) is 5.38. The Labute approximate surface area is 119 Å². The maximum Gasteiger partial charge on any atom is 0.236 e. The van der Waals surface area contributed by atoms with Crippen molar-refractivity contribution in [2.45, 2.75) is 19.8 Å². The fraction of sp³-hybridized carbons (Fsp3) is 0.231. The number of rotatable bonds is 4. The molecular formula is C13H13N5OS. The quantitative estimate of drug-likeness (QED) is 0.796. The summed E-state index contributed by atoms with van der Waals surface area (Å²) < 4.78 is 1.67. The fourth-order valence-electron chi connectivity index (χ4n) is 1.87. The zero-order chi connectivity index (χ0) is 13.9. The summed E-state index contributed by atoms with van der Waals surface area (Å²) in [6, 6.07) is 9.61. The molecule has 7 heteroatoms. The molecule has 0 aliphatic rings. The highest BCUT2D eigenvalue weighted by Gasteiger charge is 2.12. The van der Waals surface area contributed by atoms with Gasteiger partial charge in [0, 0.05) is 6.42 Å². The first-order chi connectivity index (χ1) is 9.76. The van der Waals surface area contributed by atoms with Gasteiger partial charge in [-0.25, -0.2) is 0 Å². The van der Waals surface area contributed by atoms with Crippen LogP contribution in [0.5, 0.6) is 0 Å². The second-order valence-corrected chi connectivity index (χ2v) is 5.24. The summed E-state index contributed by atoms with van der Waals surface area (Å²) in [6.07, 6.45) is 1.09. The highest BCUT2D eigenvalue weighted by atomic mass is 32.1. The first kappa shape index (κ1) is 12.7. The molecule has 0 aliphatic heterocycles. The molecule has 0 atom stereocenters. The zero-order valence-electron chi connectivity index (χ0n) is 10.9. The van der Waals surface area contributed by atoms with Gasteiger partial charge in [-0.2, -0.15) is 4.52 Å². The lowest BCUT2D eigenvalue weighted by molar-refractivity contribution is -0.115. The van der Waals surface area contributed by atoms with Crippen molar-refractivity contribution in [3.63, 3.8) is 0 Å². The fourth-order valence-corrected chi connectivity index (χ4v) is 2.65. The Bertz CT molecular complexity index is 734. The van der Waals surface area contributed by atoms with Gasteiger partial charge in [0.15, 0.2) is 5.82 Å². The molecule has 0 saturated carbocycles. The van der Waals surface area contributed by atoms with E-state index in [0.717, 1.165) is 17.8 Å². The molecule has 0 aliphatic carbocycles. The normalized spacial score (nSPS) is 10.8. The van der Waals surface area contributed by atoms with Crippen molar-refractivity contribution in [1.29, 1.82) is 0 Å². The standard InChI is InChI=1S/C13H13N5OS/c1-2-10-15-16-13-18(10)17-12(20-13)14-11(19)8-9-6-4-3-5-7-9/h3-7H,2,8H2,1H3,(H,14,17,19). The van der Waals surface area contributed by atoms with Crippen LogP contribution in [0.2, 0.25) is 0 Å². The highest BCUT2D eigenvalue weighted by molar-refractivity contribution is 7.20. The molecule has 3 aromatic rings. The van der Waals surface area contributed by atoms with Crippen molar-refractivity contribution < 1.29 is 4.79 Å². The SMILES string of the molecule is CCc1nnc2sc(NC(=O)Cc3ccccc3)nn12. The molecular weight excluding hydrogens is 274 g/mol. The largest absolute Gasteiger partial charge is 0.300 e. The molecule has 3 rings (SSSR count). The lowest BCUT2D eigenvalue weighted by Crippen LogP contribution is -2.14. The van der Waals surface area contributed by atoms with Crippen LogP contribution < -0.4 is 5.32 Å². The Balaban J connectivity index is 1.72. The number of benzene rings is 1. The van der Waals surface area contributed by atoms with E-state index in [2.05, 4.69) is 20.6 Å². The molecule has 0 fully saturated rings. The molecule has 0 radical (unpaired) electrons. The van der Waals surface area contributed by atoms with Gasteiger partial charge in [0.05, 0.1) is 6.42 Å². The van der Waals surface area contributed by atoms with Crippen LogP contribution >= 0.6 is 11.3 Å². The molecule has 6 nitrogen and oxygen atoms in total. The third-order valence-electron chi connectivity index (χ3n) is 2.83. The van der Waals surface area contributed by atoms with Gasteiger partial charge < -0.3 is 5.32 Å². The number of fused-ring (bicyclic) bond motifs is 1. The van der Waals surface area contributed by atoms with Crippen molar-refractivity contribution in [2.75, 3.05) is 5.32 Å². The van der Waals surface area contributed by atoms with Gasteiger partial charge in [-0.3, -0.25) is 4.79 Å². The minimum Gasteiger partial charge on any atom is -0.300 e. The average Bonchev–Trinajstić information content (AvgIpc) is 2.99. The number of amides is 1. The van der Waals surface area contributed by atoms with E-state index in [9.17, 15) is 4.79 Å². The van der Waals surface area contributed by atoms with Gasteiger partial charge in [0.1, 0.15) is 0 Å². The van der Waals surface area contributed by atoms with Crippen LogP contribution in [-0.2, 0) is 17.6 Å². The van der Waals surface area contributed by atoms with Gasteiger partial charge in [0.25, 0.3) is 0 Å². The zero-order valence-corrected chi connectivity index (χ0v) is 11.7. The van der Waals surface area contributed by atoms with Crippen LogP contribution in [0.15, 0.2) is 30.3 Å². The van der Waals surface area contributed by atoms with Crippen LogP contribution in [-0.4, -0.2) is 25.7 Å². The number of aromatic nitrogens is 4. The molecule has 0 spiro atoms. The van der Waals surface area contributed by atoms with Gasteiger partial charge in [-0.1, -0.05) is 48.6 Å². The van der Waals surface area contributed by atoms with Crippen LogP contribution in [0, 0.1) is 0 Å². The van der Waals surface area contributed by atoms with Crippen LogP contribution in [0.1, 0.15) is 18.3 Å². The highest BCUT2D eigenvalue weighted by Crippen LogP contribution is 2.19. The van der Waals surface area contributed by atoms with Crippen LogP contribution in [0.4, 0.5) is 5.13 Å². The Morgan fingerprint density at radius 3 is 2.85 bits per heavy atom. The summed E-state index contributed by atoms with van der Waals surface area (Å²) in [5, 5.41) is 15.7. The molecule has 1 amide bonds. The van der Waals surface area contributed by atoms with Gasteiger partial charge in [0.2, 0.25) is 16.0 Å². The Morgan fingerprint density at radius 1 is 1.30 bits per heavy atom. The van der Waals surface area contributed by atoms with Crippen molar-refractivity contribution in [3.05, 3.63) is 41.7 Å². The van der Waals surface area contributed by atoms with Gasteiger partial charge >= 0.3 is 0 Å². The summed E-state index contributed by atoms with van der Waals surface area (Å²) in [7, 11) is 0. The summed E-state index contributed by atoms with van der Waals surface area (Å²) in [5.41, 5.74) is 0.974. The second-order valence-electron chi connectivity index (χ2n) is 4.28.